The summed E-state index contributed by atoms with van der Waals surface area (Å²) in [7, 11) is 0. The Hall–Kier alpha value is -2.85. The van der Waals surface area contributed by atoms with Gasteiger partial charge in [-0.05, 0) is 29.8 Å². The van der Waals surface area contributed by atoms with Crippen LogP contribution in [-0.2, 0) is 0 Å². The summed E-state index contributed by atoms with van der Waals surface area (Å²) >= 11 is 0. The van der Waals surface area contributed by atoms with Gasteiger partial charge in [0.25, 0.3) is 5.91 Å². The van der Waals surface area contributed by atoms with E-state index in [2.05, 4.69) is 5.32 Å². The highest BCUT2D eigenvalue weighted by Crippen LogP contribution is 2.15. The monoisotopic (exact) mass is 306 g/mol. The molecule has 1 heterocycles. The number of nitrogens with one attached hydrogen (secondary N) is 1. The molecule has 0 fully saturated rings. The van der Waals surface area contributed by atoms with Crippen molar-refractivity contribution in [2.75, 3.05) is 6.54 Å². The van der Waals surface area contributed by atoms with Crippen LogP contribution in [0.4, 0.5) is 0 Å². The predicted molar refractivity (Wildman–Crippen MR) is 89.5 cm³/mol. The number of carbonyl (C=O) groups excluding carboxylic acids is 1. The van der Waals surface area contributed by atoms with Crippen molar-refractivity contribution in [2.45, 2.75) is 6.10 Å². The second kappa shape index (κ2) is 6.94. The zero-order chi connectivity index (χ0) is 16.1. The van der Waals surface area contributed by atoms with E-state index in [1.807, 2.05) is 77.6 Å². The third-order valence-electron chi connectivity index (χ3n) is 3.67. The maximum Gasteiger partial charge on any atom is 0.253 e. The molecular weight excluding hydrogens is 288 g/mol. The first-order valence-electron chi connectivity index (χ1n) is 7.49. The number of carbonyl (C=O) groups is 1. The molecule has 0 aliphatic heterocycles. The maximum atomic E-state index is 12.5. The molecule has 116 valence electrons. The van der Waals surface area contributed by atoms with Crippen LogP contribution >= 0.6 is 0 Å². The first-order chi connectivity index (χ1) is 11.3. The van der Waals surface area contributed by atoms with Crippen LogP contribution < -0.4 is 5.32 Å². The number of hydrogen-bond acceptors (Lipinski definition) is 2. The lowest BCUT2D eigenvalue weighted by molar-refractivity contribution is 0.0916. The molecule has 23 heavy (non-hydrogen) atoms. The van der Waals surface area contributed by atoms with Crippen LogP contribution in [0.2, 0.25) is 0 Å². The van der Waals surface area contributed by atoms with Crippen LogP contribution in [-0.4, -0.2) is 22.1 Å². The van der Waals surface area contributed by atoms with Crippen molar-refractivity contribution in [2.24, 2.45) is 0 Å². The summed E-state index contributed by atoms with van der Waals surface area (Å²) in [6.07, 6.45) is 3.06. The van der Waals surface area contributed by atoms with E-state index in [4.69, 9.17) is 0 Å². The van der Waals surface area contributed by atoms with E-state index in [-0.39, 0.29) is 12.5 Å². The number of nitrogens with zero attached hydrogens (tertiary/aromatic N) is 1. The number of aromatic nitrogens is 1. The average Bonchev–Trinajstić information content (AvgIpc) is 3.14. The standard InChI is InChI=1S/C19H18N2O2/c22-18(15-8-2-1-3-9-15)14-20-19(23)16-10-4-5-11-17(16)21-12-6-7-13-21/h1-13,18,22H,14H2,(H,20,23)/t18-/m1/s1. The van der Waals surface area contributed by atoms with Crippen molar-refractivity contribution < 1.29 is 9.90 Å². The Morgan fingerprint density at radius 2 is 1.61 bits per heavy atom. The molecule has 3 aromatic rings. The van der Waals surface area contributed by atoms with Gasteiger partial charge in [0.1, 0.15) is 0 Å². The highest BCUT2D eigenvalue weighted by Gasteiger charge is 2.14. The molecule has 1 aromatic heterocycles. The first kappa shape index (κ1) is 15.1. The number of para-hydroxylation sites is 1. The zero-order valence-electron chi connectivity index (χ0n) is 12.6. The lowest BCUT2D eigenvalue weighted by Crippen LogP contribution is -2.29. The Morgan fingerprint density at radius 3 is 2.35 bits per heavy atom. The molecule has 2 N–H and O–H groups in total. The summed E-state index contributed by atoms with van der Waals surface area (Å²) in [4.78, 5) is 12.5. The van der Waals surface area contributed by atoms with Crippen molar-refractivity contribution in [3.8, 4) is 5.69 Å². The Bertz CT molecular complexity index is 767. The van der Waals surface area contributed by atoms with Crippen LogP contribution in [0.1, 0.15) is 22.0 Å². The third-order valence-corrected chi connectivity index (χ3v) is 3.67. The molecule has 1 amide bonds. The molecular formula is C19H18N2O2. The van der Waals surface area contributed by atoms with Crippen LogP contribution in [0.15, 0.2) is 79.1 Å². The minimum atomic E-state index is -0.723. The van der Waals surface area contributed by atoms with Crippen LogP contribution in [0.25, 0.3) is 5.69 Å². The number of amides is 1. The van der Waals surface area contributed by atoms with Crippen molar-refractivity contribution in [1.82, 2.24) is 9.88 Å². The summed E-state index contributed by atoms with van der Waals surface area (Å²) in [5.74, 6) is -0.204. The second-order valence-corrected chi connectivity index (χ2v) is 5.24. The summed E-state index contributed by atoms with van der Waals surface area (Å²) in [6, 6.07) is 20.5. The number of benzene rings is 2. The summed E-state index contributed by atoms with van der Waals surface area (Å²) < 4.78 is 1.89. The molecule has 0 spiro atoms. The fraction of sp³-hybridized carbons (Fsp3) is 0.105. The van der Waals surface area contributed by atoms with Gasteiger partial charge in [0, 0.05) is 18.9 Å². The van der Waals surface area contributed by atoms with Gasteiger partial charge < -0.3 is 15.0 Å². The van der Waals surface area contributed by atoms with Crippen LogP contribution in [0.3, 0.4) is 0 Å². The Kier molecular flexibility index (Phi) is 4.54. The van der Waals surface area contributed by atoms with E-state index >= 15 is 0 Å². The molecule has 3 rings (SSSR count). The average molecular weight is 306 g/mol. The van der Waals surface area contributed by atoms with Crippen molar-refractivity contribution in [1.29, 1.82) is 0 Å². The zero-order valence-corrected chi connectivity index (χ0v) is 12.6. The molecule has 0 unspecified atom stereocenters. The smallest absolute Gasteiger partial charge is 0.253 e. The Morgan fingerprint density at radius 1 is 0.957 bits per heavy atom. The quantitative estimate of drug-likeness (QED) is 0.761. The minimum absolute atomic E-state index is 0.170. The lowest BCUT2D eigenvalue weighted by atomic mass is 10.1. The summed E-state index contributed by atoms with van der Waals surface area (Å²) in [5.41, 5.74) is 2.17. The number of aliphatic hydroxyl groups excluding tert-OH is 1. The van der Waals surface area contributed by atoms with Gasteiger partial charge in [0.05, 0.1) is 17.4 Å². The van der Waals surface area contributed by atoms with E-state index in [1.54, 1.807) is 6.07 Å². The Balaban J connectivity index is 1.72. The number of rotatable bonds is 5. The Labute approximate surface area is 135 Å². The van der Waals surface area contributed by atoms with Crippen LogP contribution in [0.5, 0.6) is 0 Å². The van der Waals surface area contributed by atoms with Gasteiger partial charge in [-0.2, -0.15) is 0 Å². The SMILES string of the molecule is O=C(NC[C@@H](O)c1ccccc1)c1ccccc1-n1cccc1. The largest absolute Gasteiger partial charge is 0.387 e. The van der Waals surface area contributed by atoms with Crippen molar-refractivity contribution in [3.05, 3.63) is 90.3 Å². The van der Waals surface area contributed by atoms with Crippen LogP contribution in [0, 0.1) is 0 Å². The fourth-order valence-electron chi connectivity index (χ4n) is 2.46. The van der Waals surface area contributed by atoms with E-state index in [9.17, 15) is 9.90 Å². The van der Waals surface area contributed by atoms with Gasteiger partial charge in [-0.3, -0.25) is 4.79 Å². The minimum Gasteiger partial charge on any atom is -0.387 e. The molecule has 4 heteroatoms. The van der Waals surface area contributed by atoms with Gasteiger partial charge >= 0.3 is 0 Å². The molecule has 0 aliphatic rings. The molecule has 0 aliphatic carbocycles. The van der Waals surface area contributed by atoms with Crippen molar-refractivity contribution >= 4 is 5.91 Å². The van der Waals surface area contributed by atoms with E-state index in [0.29, 0.717) is 5.56 Å². The second-order valence-electron chi connectivity index (χ2n) is 5.24. The molecule has 2 aromatic carbocycles. The highest BCUT2D eigenvalue weighted by molar-refractivity contribution is 5.97. The highest BCUT2D eigenvalue weighted by atomic mass is 16.3. The van der Waals surface area contributed by atoms with E-state index in [0.717, 1.165) is 11.3 Å². The number of aliphatic hydroxyl groups is 1. The molecule has 0 radical (unpaired) electrons. The summed E-state index contributed by atoms with van der Waals surface area (Å²) in [6.45, 7) is 0.170. The molecule has 4 nitrogen and oxygen atoms in total. The van der Waals surface area contributed by atoms with Gasteiger partial charge in [-0.15, -0.1) is 0 Å². The van der Waals surface area contributed by atoms with Gasteiger partial charge in [0.2, 0.25) is 0 Å². The first-order valence-corrected chi connectivity index (χ1v) is 7.49. The lowest BCUT2D eigenvalue weighted by Gasteiger charge is -2.14. The van der Waals surface area contributed by atoms with Gasteiger partial charge in [0.15, 0.2) is 0 Å². The molecule has 0 saturated heterocycles. The topological polar surface area (TPSA) is 54.3 Å². The molecule has 0 saturated carbocycles. The molecule has 1 atom stereocenters. The third kappa shape index (κ3) is 3.49. The summed E-state index contributed by atoms with van der Waals surface area (Å²) in [5, 5.41) is 12.9. The van der Waals surface area contributed by atoms with E-state index < -0.39 is 6.10 Å². The van der Waals surface area contributed by atoms with E-state index in [1.165, 1.54) is 0 Å². The number of hydrogen-bond donors (Lipinski definition) is 2. The van der Waals surface area contributed by atoms with Crippen molar-refractivity contribution in [3.63, 3.8) is 0 Å². The maximum absolute atomic E-state index is 12.5. The normalized spacial score (nSPS) is 11.9. The predicted octanol–water partition coefficient (Wildman–Crippen LogP) is 2.94. The van der Waals surface area contributed by atoms with Gasteiger partial charge in [-0.25, -0.2) is 0 Å². The van der Waals surface area contributed by atoms with Gasteiger partial charge in [-0.1, -0.05) is 42.5 Å². The molecule has 0 bridgehead atoms. The fourth-order valence-corrected chi connectivity index (χ4v) is 2.46.